The quantitative estimate of drug-likeness (QED) is 0.594. The van der Waals surface area contributed by atoms with Crippen LogP contribution in [0.15, 0.2) is 60.7 Å². The minimum atomic E-state index is -1.44. The van der Waals surface area contributed by atoms with Crippen molar-refractivity contribution in [2.75, 3.05) is 0 Å². The highest BCUT2D eigenvalue weighted by Crippen LogP contribution is 2.45. The summed E-state index contributed by atoms with van der Waals surface area (Å²) in [6, 6.07) is 21.5. The van der Waals surface area contributed by atoms with Crippen molar-refractivity contribution >= 4 is 21.3 Å². The Hall–Kier alpha value is -1.39. The molecule has 0 nitrogen and oxygen atoms in total. The first-order valence-electron chi connectivity index (χ1n) is 8.64. The van der Waals surface area contributed by atoms with Gasteiger partial charge in [0.2, 0.25) is 0 Å². The van der Waals surface area contributed by atoms with Gasteiger partial charge in [0.15, 0.2) is 0 Å². The summed E-state index contributed by atoms with van der Waals surface area (Å²) in [5.74, 6) is 0. The van der Waals surface area contributed by atoms with Crippen LogP contribution in [0, 0.1) is 0 Å². The molecule has 0 spiro atoms. The molecule has 0 aliphatic heterocycles. The molecule has 0 amide bonds. The maximum Gasteiger partial charge on any atom is 0.0779 e. The molecule has 23 heavy (non-hydrogen) atoms. The normalized spacial score (nSPS) is 17.8. The van der Waals surface area contributed by atoms with Gasteiger partial charge in [-0.05, 0) is 22.7 Å². The second kappa shape index (κ2) is 5.92. The number of benzene rings is 2. The van der Waals surface area contributed by atoms with Crippen LogP contribution in [-0.4, -0.2) is 16.1 Å². The fraction of sp³-hybridized carbons (Fsp3) is 0.333. The second-order valence-electron chi connectivity index (χ2n) is 8.55. The Labute approximate surface area is 143 Å². The zero-order valence-electron chi connectivity index (χ0n) is 15.1. The average Bonchev–Trinajstić information content (AvgIpc) is 2.88. The molecule has 1 atom stereocenters. The topological polar surface area (TPSA) is 0 Å². The highest BCUT2D eigenvalue weighted by Gasteiger charge is 2.39. The van der Waals surface area contributed by atoms with Gasteiger partial charge in [0.1, 0.15) is 0 Å². The minimum Gasteiger partial charge on any atom is -0.0799 e. The van der Waals surface area contributed by atoms with Crippen molar-refractivity contribution in [1.82, 2.24) is 0 Å². The van der Waals surface area contributed by atoms with Gasteiger partial charge in [-0.3, -0.25) is 0 Å². The lowest BCUT2D eigenvalue weighted by Crippen LogP contribution is -2.36. The van der Waals surface area contributed by atoms with Gasteiger partial charge in [-0.25, -0.2) is 0 Å². The minimum absolute atomic E-state index is 0.653. The van der Waals surface area contributed by atoms with E-state index in [1.807, 2.05) is 0 Å². The Kier molecular flexibility index (Phi) is 4.24. The molecule has 2 aromatic carbocycles. The number of hydrogen-bond acceptors (Lipinski definition) is 0. The molecule has 120 valence electrons. The maximum absolute atomic E-state index is 2.66. The van der Waals surface area contributed by atoms with E-state index in [9.17, 15) is 0 Å². The van der Waals surface area contributed by atoms with Gasteiger partial charge in [0.05, 0.1) is 16.1 Å². The molecule has 1 unspecified atom stereocenters. The summed E-state index contributed by atoms with van der Waals surface area (Å²) in [6.07, 6.45) is 2.66. The van der Waals surface area contributed by atoms with Crippen LogP contribution in [0.5, 0.6) is 0 Å². The summed E-state index contributed by atoms with van der Waals surface area (Å²) in [5.41, 5.74) is 5.29. The van der Waals surface area contributed by atoms with Crippen LogP contribution >= 0.6 is 0 Å². The summed E-state index contributed by atoms with van der Waals surface area (Å²) in [7, 11) is -2.74. The third-order valence-electron chi connectivity index (χ3n) is 5.07. The van der Waals surface area contributed by atoms with Gasteiger partial charge < -0.3 is 0 Å². The molecule has 3 rings (SSSR count). The Morgan fingerprint density at radius 2 is 1.39 bits per heavy atom. The van der Waals surface area contributed by atoms with E-state index in [2.05, 4.69) is 93.4 Å². The Balaban J connectivity index is 2.00. The number of fused-ring (bicyclic) bond motifs is 1. The van der Waals surface area contributed by atoms with Gasteiger partial charge in [-0.1, -0.05) is 104 Å². The lowest BCUT2D eigenvalue weighted by molar-refractivity contribution is 1.11. The van der Waals surface area contributed by atoms with Crippen LogP contribution in [0.1, 0.15) is 22.2 Å². The van der Waals surface area contributed by atoms with Crippen molar-refractivity contribution < 1.29 is 0 Å². The molecule has 0 bridgehead atoms. The lowest BCUT2D eigenvalue weighted by atomic mass is 10.1. The molecule has 0 aromatic heterocycles. The number of allylic oxidation sites excluding steroid dienone is 1. The fourth-order valence-corrected chi connectivity index (χ4v) is 8.98. The molecule has 0 heterocycles. The summed E-state index contributed by atoms with van der Waals surface area (Å²) in [6.45, 7) is 12.5. The molecule has 0 saturated carbocycles. The van der Waals surface area contributed by atoms with Crippen LogP contribution in [-0.2, 0) is 6.04 Å². The lowest BCUT2D eigenvalue weighted by Gasteiger charge is -2.30. The molecule has 0 radical (unpaired) electrons. The predicted molar refractivity (Wildman–Crippen MR) is 108 cm³/mol. The number of rotatable bonds is 4. The van der Waals surface area contributed by atoms with Gasteiger partial charge in [0, 0.05) is 0 Å². The van der Waals surface area contributed by atoms with E-state index in [1.165, 1.54) is 11.6 Å². The Morgan fingerprint density at radius 1 is 0.783 bits per heavy atom. The van der Waals surface area contributed by atoms with Crippen molar-refractivity contribution in [2.45, 2.75) is 44.3 Å². The molecule has 0 saturated heterocycles. The summed E-state index contributed by atoms with van der Waals surface area (Å²) in [4.78, 5) is 0. The van der Waals surface area contributed by atoms with Crippen molar-refractivity contribution in [3.63, 3.8) is 0 Å². The predicted octanol–water partition coefficient (Wildman–Crippen LogP) is 6.07. The molecule has 2 aromatic rings. The molecule has 1 aliphatic carbocycles. The van der Waals surface area contributed by atoms with E-state index in [0.29, 0.717) is 5.54 Å². The molecule has 0 fully saturated rings. The van der Waals surface area contributed by atoms with Crippen molar-refractivity contribution in [3.8, 4) is 0 Å². The zero-order valence-corrected chi connectivity index (χ0v) is 17.1. The highest BCUT2D eigenvalue weighted by atomic mass is 28.3. The third kappa shape index (κ3) is 3.29. The van der Waals surface area contributed by atoms with E-state index >= 15 is 0 Å². The van der Waals surface area contributed by atoms with Crippen LogP contribution in [0.4, 0.5) is 0 Å². The van der Waals surface area contributed by atoms with Crippen LogP contribution in [0.3, 0.4) is 0 Å². The van der Waals surface area contributed by atoms with Gasteiger partial charge in [0.25, 0.3) is 0 Å². The SMILES string of the molecule is C[Si](C)(C)C1=CC([Si](C)(C)Cc2ccccc2)c2ccccc21. The first kappa shape index (κ1) is 16.5. The van der Waals surface area contributed by atoms with E-state index in [0.717, 1.165) is 0 Å². The standard InChI is InChI=1S/C21H28Si2/c1-22(2,3)20-15-21(19-14-10-9-13-18(19)20)23(4,5)16-17-11-7-6-8-12-17/h6-15,21H,16H2,1-5H3. The third-order valence-corrected chi connectivity index (χ3v) is 10.6. The second-order valence-corrected chi connectivity index (χ2v) is 18.5. The summed E-state index contributed by atoms with van der Waals surface area (Å²) < 4.78 is 0. The monoisotopic (exact) mass is 336 g/mol. The van der Waals surface area contributed by atoms with E-state index in [4.69, 9.17) is 0 Å². The summed E-state index contributed by atoms with van der Waals surface area (Å²) >= 11 is 0. The maximum atomic E-state index is 2.66. The molecule has 1 aliphatic rings. The Morgan fingerprint density at radius 3 is 2.04 bits per heavy atom. The van der Waals surface area contributed by atoms with Gasteiger partial charge in [-0.2, -0.15) is 0 Å². The van der Waals surface area contributed by atoms with E-state index in [1.54, 1.807) is 16.3 Å². The van der Waals surface area contributed by atoms with Gasteiger partial charge in [-0.15, -0.1) is 0 Å². The van der Waals surface area contributed by atoms with Crippen molar-refractivity contribution in [2.24, 2.45) is 0 Å². The number of hydrogen-bond donors (Lipinski definition) is 0. The van der Waals surface area contributed by atoms with Crippen molar-refractivity contribution in [1.29, 1.82) is 0 Å². The summed E-state index contributed by atoms with van der Waals surface area (Å²) in [5, 5.41) is 1.67. The first-order valence-corrected chi connectivity index (χ1v) is 15.4. The molecule has 0 N–H and O–H groups in total. The smallest absolute Gasteiger partial charge is 0.0779 e. The van der Waals surface area contributed by atoms with Crippen molar-refractivity contribution in [3.05, 3.63) is 77.4 Å². The average molecular weight is 337 g/mol. The fourth-order valence-electron chi connectivity index (χ4n) is 3.89. The molecular weight excluding hydrogens is 308 g/mol. The molecular formula is C21H28Si2. The van der Waals surface area contributed by atoms with Crippen LogP contribution in [0.25, 0.3) is 5.20 Å². The van der Waals surface area contributed by atoms with E-state index < -0.39 is 16.1 Å². The van der Waals surface area contributed by atoms with E-state index in [-0.39, 0.29) is 0 Å². The first-order chi connectivity index (χ1) is 10.8. The molecule has 2 heteroatoms. The zero-order chi connectivity index (χ0) is 16.7. The van der Waals surface area contributed by atoms with Crippen LogP contribution < -0.4 is 0 Å². The Bertz CT molecular complexity index is 721. The highest BCUT2D eigenvalue weighted by molar-refractivity contribution is 6.94. The largest absolute Gasteiger partial charge is 0.0799 e. The van der Waals surface area contributed by atoms with Gasteiger partial charge >= 0.3 is 0 Å². The van der Waals surface area contributed by atoms with Crippen LogP contribution in [0.2, 0.25) is 32.7 Å².